The highest BCUT2D eigenvalue weighted by Gasteiger charge is 2.22. The Morgan fingerprint density at radius 1 is 0.682 bits per heavy atom. The van der Waals surface area contributed by atoms with Crippen LogP contribution in [0.5, 0.6) is 11.6 Å². The van der Waals surface area contributed by atoms with Gasteiger partial charge in [0.2, 0.25) is 5.88 Å². The summed E-state index contributed by atoms with van der Waals surface area (Å²) in [5.74, 6) is 1.31. The van der Waals surface area contributed by atoms with Gasteiger partial charge in [-0.1, -0.05) is 106 Å². The summed E-state index contributed by atoms with van der Waals surface area (Å²) in [5, 5.41) is 0. The van der Waals surface area contributed by atoms with Crippen LogP contribution >= 0.6 is 0 Å². The number of nitrogens with two attached hydrogens (primary N) is 1. The molecule has 5 heteroatoms. The van der Waals surface area contributed by atoms with Crippen molar-refractivity contribution in [1.29, 1.82) is 0 Å². The van der Waals surface area contributed by atoms with Gasteiger partial charge in [-0.2, -0.15) is 0 Å². The van der Waals surface area contributed by atoms with Crippen molar-refractivity contribution in [1.82, 2.24) is 4.98 Å². The molecule has 0 unspecified atom stereocenters. The molecule has 5 nitrogen and oxygen atoms in total. The molecule has 0 atom stereocenters. The van der Waals surface area contributed by atoms with Gasteiger partial charge >= 0.3 is 0 Å². The molecule has 1 aromatic heterocycles. The fourth-order valence-electron chi connectivity index (χ4n) is 4.77. The van der Waals surface area contributed by atoms with E-state index < -0.39 is 0 Å². The molecule has 5 rings (SSSR count). The van der Waals surface area contributed by atoms with Gasteiger partial charge < -0.3 is 19.9 Å². The first-order chi connectivity index (χ1) is 21.4. The third kappa shape index (κ3) is 8.36. The zero-order valence-electron chi connectivity index (χ0n) is 25.7. The van der Waals surface area contributed by atoms with E-state index in [-0.39, 0.29) is 5.41 Å². The number of aromatic nitrogens is 1. The van der Waals surface area contributed by atoms with Crippen molar-refractivity contribution in [2.75, 3.05) is 18.9 Å². The fourth-order valence-corrected chi connectivity index (χ4v) is 4.77. The van der Waals surface area contributed by atoms with Crippen LogP contribution in [0.1, 0.15) is 48.6 Å². The van der Waals surface area contributed by atoms with Crippen LogP contribution in [0.4, 0.5) is 5.69 Å². The molecule has 0 saturated heterocycles. The molecule has 0 radical (unpaired) electrons. The topological polar surface area (TPSA) is 66.6 Å². The SMILES string of the molecule is CC(C)(C)c1cc(C=Cc2ccc(N)cc2)c(OCCOCc2ccccc2)c(-c2cccnc2OCc2ccccc2)c1. The van der Waals surface area contributed by atoms with Crippen molar-refractivity contribution >= 4 is 17.8 Å². The Morgan fingerprint density at radius 2 is 1.36 bits per heavy atom. The average molecular weight is 585 g/mol. The van der Waals surface area contributed by atoms with Crippen LogP contribution in [-0.4, -0.2) is 18.2 Å². The Hall–Kier alpha value is -4.87. The molecule has 2 N–H and O–H groups in total. The Kier molecular flexibility index (Phi) is 10.1. The van der Waals surface area contributed by atoms with Gasteiger partial charge in [0.05, 0.1) is 13.2 Å². The van der Waals surface area contributed by atoms with Crippen LogP contribution in [0.25, 0.3) is 23.3 Å². The Morgan fingerprint density at radius 3 is 2.05 bits per heavy atom. The van der Waals surface area contributed by atoms with Gasteiger partial charge in [-0.25, -0.2) is 4.98 Å². The van der Waals surface area contributed by atoms with E-state index in [1.54, 1.807) is 6.20 Å². The molecule has 0 spiro atoms. The lowest BCUT2D eigenvalue weighted by atomic mass is 9.83. The molecule has 0 aliphatic heterocycles. The molecule has 0 fully saturated rings. The Balaban J connectivity index is 1.51. The first-order valence-corrected chi connectivity index (χ1v) is 15.0. The standard InChI is InChI=1S/C39H40N2O3/c1-39(2,3)33-25-32(19-16-29-17-20-34(40)21-18-29)37(43-24-23-42-27-30-11-6-4-7-12-30)36(26-33)35-15-10-22-41-38(35)44-28-31-13-8-5-9-14-31/h4-22,25-26H,23-24,27-28,40H2,1-3H3. The van der Waals surface area contributed by atoms with Gasteiger partial charge in [-0.05, 0) is 64.1 Å². The minimum atomic E-state index is -0.108. The highest BCUT2D eigenvalue weighted by atomic mass is 16.5. The number of rotatable bonds is 12. The van der Waals surface area contributed by atoms with Crippen LogP contribution in [0.2, 0.25) is 0 Å². The monoisotopic (exact) mass is 584 g/mol. The van der Waals surface area contributed by atoms with E-state index in [9.17, 15) is 0 Å². The van der Waals surface area contributed by atoms with Crippen LogP contribution in [-0.2, 0) is 23.4 Å². The molecule has 0 amide bonds. The maximum Gasteiger partial charge on any atom is 0.221 e. The van der Waals surface area contributed by atoms with Gasteiger partial charge in [0.15, 0.2) is 0 Å². The van der Waals surface area contributed by atoms with E-state index in [0.29, 0.717) is 32.3 Å². The summed E-state index contributed by atoms with van der Waals surface area (Å²) in [4.78, 5) is 4.65. The minimum absolute atomic E-state index is 0.108. The summed E-state index contributed by atoms with van der Waals surface area (Å²) < 4.78 is 18.8. The fraction of sp³-hybridized carbons (Fsp3) is 0.205. The number of hydrogen-bond acceptors (Lipinski definition) is 5. The zero-order chi connectivity index (χ0) is 30.8. The third-order valence-corrected chi connectivity index (χ3v) is 7.24. The Bertz CT molecular complexity index is 1660. The van der Waals surface area contributed by atoms with Gasteiger partial charge in [0.1, 0.15) is 19.0 Å². The Labute approximate surface area is 261 Å². The summed E-state index contributed by atoms with van der Waals surface area (Å²) in [5.41, 5.74) is 13.7. The molecule has 0 bridgehead atoms. The van der Waals surface area contributed by atoms with Crippen molar-refractivity contribution < 1.29 is 14.2 Å². The smallest absolute Gasteiger partial charge is 0.221 e. The van der Waals surface area contributed by atoms with E-state index in [1.807, 2.05) is 84.9 Å². The molecular weight excluding hydrogens is 544 g/mol. The number of hydrogen-bond donors (Lipinski definition) is 1. The van der Waals surface area contributed by atoms with Crippen LogP contribution < -0.4 is 15.2 Å². The predicted octanol–water partition coefficient (Wildman–Crippen LogP) is 8.97. The average Bonchev–Trinajstić information content (AvgIpc) is 3.04. The normalized spacial score (nSPS) is 11.5. The summed E-state index contributed by atoms with van der Waals surface area (Å²) in [6.45, 7) is 8.43. The number of ether oxygens (including phenoxy) is 3. The van der Waals surface area contributed by atoms with Crippen molar-refractivity contribution in [2.45, 2.75) is 39.4 Å². The summed E-state index contributed by atoms with van der Waals surface area (Å²) in [6.07, 6.45) is 5.95. The van der Waals surface area contributed by atoms with E-state index in [4.69, 9.17) is 19.9 Å². The van der Waals surface area contributed by atoms with Gasteiger partial charge in [0, 0.05) is 28.6 Å². The molecular formula is C39H40N2O3. The molecule has 4 aromatic carbocycles. The van der Waals surface area contributed by atoms with Crippen LogP contribution in [0.15, 0.2) is 115 Å². The van der Waals surface area contributed by atoms with E-state index in [2.05, 4.69) is 62.2 Å². The van der Waals surface area contributed by atoms with Crippen LogP contribution in [0, 0.1) is 0 Å². The lowest BCUT2D eigenvalue weighted by Crippen LogP contribution is -2.13. The maximum atomic E-state index is 6.57. The molecule has 5 aromatic rings. The number of pyridine rings is 1. The van der Waals surface area contributed by atoms with E-state index >= 15 is 0 Å². The number of nitrogen functional groups attached to an aromatic ring is 1. The summed E-state index contributed by atoms with van der Waals surface area (Å²) in [7, 11) is 0. The molecule has 1 heterocycles. The van der Waals surface area contributed by atoms with Crippen molar-refractivity contribution in [3.05, 3.63) is 143 Å². The zero-order valence-corrected chi connectivity index (χ0v) is 25.7. The second kappa shape index (κ2) is 14.5. The molecule has 0 saturated carbocycles. The molecule has 0 aliphatic rings. The van der Waals surface area contributed by atoms with Crippen molar-refractivity contribution in [3.8, 4) is 22.8 Å². The summed E-state index contributed by atoms with van der Waals surface area (Å²) in [6, 6.07) is 36.5. The molecule has 44 heavy (non-hydrogen) atoms. The highest BCUT2D eigenvalue weighted by molar-refractivity contribution is 5.83. The van der Waals surface area contributed by atoms with E-state index in [1.165, 1.54) is 5.56 Å². The minimum Gasteiger partial charge on any atom is -0.490 e. The first kappa shape index (κ1) is 30.6. The second-order valence-electron chi connectivity index (χ2n) is 11.7. The molecule has 224 valence electrons. The number of anilines is 1. The number of nitrogens with zero attached hydrogens (tertiary/aromatic N) is 1. The lowest BCUT2D eigenvalue weighted by molar-refractivity contribution is 0.0890. The maximum absolute atomic E-state index is 6.57. The van der Waals surface area contributed by atoms with Crippen molar-refractivity contribution in [3.63, 3.8) is 0 Å². The van der Waals surface area contributed by atoms with Gasteiger partial charge in [-0.15, -0.1) is 0 Å². The van der Waals surface area contributed by atoms with Gasteiger partial charge in [-0.3, -0.25) is 0 Å². The second-order valence-corrected chi connectivity index (χ2v) is 11.7. The van der Waals surface area contributed by atoms with Gasteiger partial charge in [0.25, 0.3) is 0 Å². The largest absolute Gasteiger partial charge is 0.490 e. The lowest BCUT2D eigenvalue weighted by Gasteiger charge is -2.24. The van der Waals surface area contributed by atoms with Crippen LogP contribution in [0.3, 0.4) is 0 Å². The van der Waals surface area contributed by atoms with Crippen molar-refractivity contribution in [2.24, 2.45) is 0 Å². The van der Waals surface area contributed by atoms with E-state index in [0.717, 1.165) is 44.8 Å². The highest BCUT2D eigenvalue weighted by Crippen LogP contribution is 2.42. The quantitative estimate of drug-likeness (QED) is 0.0901. The predicted molar refractivity (Wildman–Crippen MR) is 181 cm³/mol. The summed E-state index contributed by atoms with van der Waals surface area (Å²) >= 11 is 0. The number of benzene rings is 4. The molecule has 0 aliphatic carbocycles. The first-order valence-electron chi connectivity index (χ1n) is 15.0. The third-order valence-electron chi connectivity index (χ3n) is 7.24.